The van der Waals surface area contributed by atoms with Crippen molar-refractivity contribution in [3.63, 3.8) is 0 Å². The van der Waals surface area contributed by atoms with E-state index in [1.165, 1.54) is 12.1 Å². The minimum Gasteiger partial charge on any atom is -0.477 e. The van der Waals surface area contributed by atoms with Gasteiger partial charge in [-0.3, -0.25) is 9.20 Å². The van der Waals surface area contributed by atoms with E-state index >= 15 is 0 Å². The van der Waals surface area contributed by atoms with Gasteiger partial charge in [0.15, 0.2) is 5.82 Å². The van der Waals surface area contributed by atoms with Crippen LogP contribution in [-0.2, 0) is 13.0 Å². The first-order chi connectivity index (χ1) is 15.1. The number of carbonyl (C=O) groups is 1. The van der Waals surface area contributed by atoms with Gasteiger partial charge in [0, 0.05) is 12.7 Å². The zero-order valence-corrected chi connectivity index (χ0v) is 16.5. The molecule has 9 heteroatoms. The molecule has 1 aliphatic heterocycles. The van der Waals surface area contributed by atoms with Crippen molar-refractivity contribution in [3.05, 3.63) is 71.3 Å². The van der Waals surface area contributed by atoms with Crippen molar-refractivity contribution in [2.24, 2.45) is 5.73 Å². The Kier molecular flexibility index (Phi) is 4.70. The first-order valence-electron chi connectivity index (χ1n) is 9.88. The van der Waals surface area contributed by atoms with Gasteiger partial charge in [-0.05, 0) is 42.7 Å². The summed E-state index contributed by atoms with van der Waals surface area (Å²) >= 11 is 0. The van der Waals surface area contributed by atoms with Crippen LogP contribution >= 0.6 is 0 Å². The van der Waals surface area contributed by atoms with Crippen LogP contribution < -0.4 is 15.8 Å². The number of halogens is 1. The van der Waals surface area contributed by atoms with Crippen LogP contribution in [0, 0.1) is 5.82 Å². The van der Waals surface area contributed by atoms with Crippen LogP contribution in [0.25, 0.3) is 17.2 Å². The molecule has 4 aromatic rings. The number of pyridine rings is 1. The predicted octanol–water partition coefficient (Wildman–Crippen LogP) is 2.97. The molecule has 5 rings (SSSR count). The van der Waals surface area contributed by atoms with E-state index in [-0.39, 0.29) is 5.82 Å². The lowest BCUT2D eigenvalue weighted by atomic mass is 10.1. The highest BCUT2D eigenvalue weighted by molar-refractivity contribution is 5.99. The fourth-order valence-electron chi connectivity index (χ4n) is 3.70. The normalized spacial score (nSPS) is 12.9. The topological polar surface area (TPSA) is 107 Å². The number of benzene rings is 1. The van der Waals surface area contributed by atoms with E-state index in [2.05, 4.69) is 15.3 Å². The van der Waals surface area contributed by atoms with Crippen LogP contribution in [0.15, 0.2) is 48.8 Å². The molecule has 0 spiro atoms. The molecule has 0 aliphatic carbocycles. The number of anilines is 1. The summed E-state index contributed by atoms with van der Waals surface area (Å²) in [7, 11) is 0. The Balaban J connectivity index is 1.57. The molecule has 3 aromatic heterocycles. The lowest BCUT2D eigenvalue weighted by Crippen LogP contribution is -2.16. The van der Waals surface area contributed by atoms with Gasteiger partial charge in [0.2, 0.25) is 11.7 Å². The molecule has 1 aromatic carbocycles. The fraction of sp³-hybridized carbons (Fsp3) is 0.182. The average Bonchev–Trinajstić information content (AvgIpc) is 3.21. The summed E-state index contributed by atoms with van der Waals surface area (Å²) in [5.41, 5.74) is 8.09. The van der Waals surface area contributed by atoms with Crippen molar-refractivity contribution in [1.29, 1.82) is 0 Å². The van der Waals surface area contributed by atoms with Crippen molar-refractivity contribution >= 4 is 17.2 Å². The average molecular weight is 418 g/mol. The Labute approximate surface area is 176 Å². The fourth-order valence-corrected chi connectivity index (χ4v) is 3.70. The first kappa shape index (κ1) is 19.0. The smallest absolute Gasteiger partial charge is 0.250 e. The molecule has 0 bridgehead atoms. The second-order valence-electron chi connectivity index (χ2n) is 7.24. The Morgan fingerprint density at radius 3 is 3.00 bits per heavy atom. The van der Waals surface area contributed by atoms with E-state index in [1.807, 2.05) is 6.07 Å². The first-order valence-corrected chi connectivity index (χ1v) is 9.88. The summed E-state index contributed by atoms with van der Waals surface area (Å²) in [6.07, 6.45) is 4.97. The van der Waals surface area contributed by atoms with Crippen LogP contribution in [0.3, 0.4) is 0 Å². The lowest BCUT2D eigenvalue weighted by molar-refractivity contribution is 0.100. The third kappa shape index (κ3) is 3.54. The highest BCUT2D eigenvalue weighted by Crippen LogP contribution is 2.31. The minimum absolute atomic E-state index is 0.290. The van der Waals surface area contributed by atoms with Gasteiger partial charge in [-0.2, -0.15) is 4.98 Å². The van der Waals surface area contributed by atoms with E-state index in [9.17, 15) is 9.18 Å². The summed E-state index contributed by atoms with van der Waals surface area (Å²) < 4.78 is 21.0. The van der Waals surface area contributed by atoms with E-state index in [0.29, 0.717) is 47.6 Å². The molecular formula is C22H19FN6O2. The number of nitrogens with two attached hydrogens (primary N) is 1. The van der Waals surface area contributed by atoms with Crippen LogP contribution in [-0.4, -0.2) is 31.9 Å². The van der Waals surface area contributed by atoms with E-state index < -0.39 is 5.91 Å². The van der Waals surface area contributed by atoms with E-state index in [1.54, 1.807) is 35.0 Å². The number of rotatable bonds is 5. The van der Waals surface area contributed by atoms with Crippen LogP contribution in [0.4, 0.5) is 10.2 Å². The number of imidazole rings is 1. The zero-order chi connectivity index (χ0) is 21.4. The molecule has 4 heterocycles. The van der Waals surface area contributed by atoms with Crippen molar-refractivity contribution in [3.8, 4) is 17.5 Å². The molecule has 156 valence electrons. The second kappa shape index (κ2) is 7.67. The summed E-state index contributed by atoms with van der Waals surface area (Å²) in [6, 6.07) is 9.76. The highest BCUT2D eigenvalue weighted by atomic mass is 19.1. The van der Waals surface area contributed by atoms with E-state index in [0.717, 1.165) is 24.0 Å². The SMILES string of the molecule is NC(=O)c1cccn2c(-c3nc(NCc4cccc(F)c4)c4c(n3)OCCC4)ncc12. The number of nitrogens with one attached hydrogen (secondary N) is 1. The van der Waals surface area contributed by atoms with Crippen LogP contribution in [0.1, 0.15) is 27.9 Å². The molecule has 0 radical (unpaired) electrons. The molecule has 0 atom stereocenters. The van der Waals surface area contributed by atoms with Gasteiger partial charge < -0.3 is 15.8 Å². The maximum Gasteiger partial charge on any atom is 0.250 e. The zero-order valence-electron chi connectivity index (χ0n) is 16.5. The molecule has 0 fully saturated rings. The number of ether oxygens (including phenoxy) is 1. The van der Waals surface area contributed by atoms with E-state index in [4.69, 9.17) is 15.5 Å². The lowest BCUT2D eigenvalue weighted by Gasteiger charge is -2.20. The third-order valence-electron chi connectivity index (χ3n) is 5.16. The Morgan fingerprint density at radius 1 is 1.26 bits per heavy atom. The second-order valence-corrected chi connectivity index (χ2v) is 7.24. The van der Waals surface area contributed by atoms with Gasteiger partial charge in [-0.25, -0.2) is 14.4 Å². The number of hydrogen-bond donors (Lipinski definition) is 2. The maximum absolute atomic E-state index is 13.5. The molecule has 0 saturated heterocycles. The number of aromatic nitrogens is 4. The minimum atomic E-state index is -0.538. The van der Waals surface area contributed by atoms with Gasteiger partial charge in [-0.1, -0.05) is 12.1 Å². The third-order valence-corrected chi connectivity index (χ3v) is 5.16. The molecule has 1 aliphatic rings. The molecule has 0 unspecified atom stereocenters. The molecule has 8 nitrogen and oxygen atoms in total. The van der Waals surface area contributed by atoms with Crippen LogP contribution in [0.5, 0.6) is 5.88 Å². The van der Waals surface area contributed by atoms with Gasteiger partial charge in [0.1, 0.15) is 11.6 Å². The van der Waals surface area contributed by atoms with Crippen molar-refractivity contribution in [1.82, 2.24) is 19.4 Å². The number of carbonyl (C=O) groups excluding carboxylic acids is 1. The predicted molar refractivity (Wildman–Crippen MR) is 112 cm³/mol. The summed E-state index contributed by atoms with van der Waals surface area (Å²) in [4.78, 5) is 25.4. The maximum atomic E-state index is 13.5. The highest BCUT2D eigenvalue weighted by Gasteiger charge is 2.22. The molecule has 1 amide bonds. The van der Waals surface area contributed by atoms with Crippen molar-refractivity contribution in [2.45, 2.75) is 19.4 Å². The van der Waals surface area contributed by atoms with Gasteiger partial charge in [0.25, 0.3) is 5.91 Å². The number of primary amides is 1. The molecule has 0 saturated carbocycles. The van der Waals surface area contributed by atoms with Gasteiger partial charge >= 0.3 is 0 Å². The Morgan fingerprint density at radius 2 is 2.16 bits per heavy atom. The molecule has 31 heavy (non-hydrogen) atoms. The molecule has 3 N–H and O–H groups in total. The Hall–Kier alpha value is -4.01. The van der Waals surface area contributed by atoms with Crippen LogP contribution in [0.2, 0.25) is 0 Å². The van der Waals surface area contributed by atoms with Crippen molar-refractivity contribution in [2.75, 3.05) is 11.9 Å². The largest absolute Gasteiger partial charge is 0.477 e. The van der Waals surface area contributed by atoms with Gasteiger partial charge in [0.05, 0.1) is 29.4 Å². The number of nitrogens with zero attached hydrogens (tertiary/aromatic N) is 4. The number of hydrogen-bond acceptors (Lipinski definition) is 6. The standard InChI is InChI=1S/C22H19FN6O2/c23-14-5-1-4-13(10-14)11-25-19-16-7-3-9-31-22(16)28-20(27-19)21-26-12-17-15(18(24)30)6-2-8-29(17)21/h1-2,4-6,8,10,12H,3,7,9,11H2,(H2,24,30)(H,25,27,28). The van der Waals surface area contributed by atoms with Gasteiger partial charge in [-0.15, -0.1) is 0 Å². The summed E-state index contributed by atoms with van der Waals surface area (Å²) in [6.45, 7) is 0.968. The number of fused-ring (bicyclic) bond motifs is 2. The Bertz CT molecular complexity index is 1300. The molecular weight excluding hydrogens is 399 g/mol. The monoisotopic (exact) mass is 418 g/mol. The quantitative estimate of drug-likeness (QED) is 0.516. The summed E-state index contributed by atoms with van der Waals surface area (Å²) in [5, 5.41) is 3.29. The number of amides is 1. The summed E-state index contributed by atoms with van der Waals surface area (Å²) in [5.74, 6) is 1.10. The van der Waals surface area contributed by atoms with Crippen molar-refractivity contribution < 1.29 is 13.9 Å².